The van der Waals surface area contributed by atoms with Crippen LogP contribution in [0.1, 0.15) is 18.6 Å². The van der Waals surface area contributed by atoms with Crippen molar-refractivity contribution >= 4 is 16.9 Å². The van der Waals surface area contributed by atoms with Crippen LogP contribution in [0.15, 0.2) is 57.7 Å². The van der Waals surface area contributed by atoms with Gasteiger partial charge in [0.05, 0.1) is 16.9 Å². The van der Waals surface area contributed by atoms with Crippen LogP contribution < -0.4 is 10.2 Å². The maximum Gasteiger partial charge on any atom is 0.314 e. The van der Waals surface area contributed by atoms with Crippen molar-refractivity contribution in [1.29, 1.82) is 0 Å². The fourth-order valence-electron chi connectivity index (χ4n) is 3.42. The van der Waals surface area contributed by atoms with Crippen molar-refractivity contribution in [2.75, 3.05) is 13.2 Å². The minimum absolute atomic E-state index is 0.0951. The zero-order chi connectivity index (χ0) is 18.8. The molecule has 1 fully saturated rings. The van der Waals surface area contributed by atoms with E-state index in [1.807, 2.05) is 30.3 Å². The molecule has 0 atom stereocenters. The van der Waals surface area contributed by atoms with Gasteiger partial charge in [0.1, 0.15) is 17.1 Å². The molecule has 4 rings (SSSR count). The second-order valence-corrected chi connectivity index (χ2v) is 6.69. The second-order valence-electron chi connectivity index (χ2n) is 6.69. The number of hydrogen-bond acceptors (Lipinski definition) is 5. The quantitative estimate of drug-likeness (QED) is 0.517. The normalized spacial score (nSPS) is 15.0. The molecule has 2 aromatic carbocycles. The van der Waals surface area contributed by atoms with Gasteiger partial charge >= 0.3 is 5.97 Å². The fraction of sp³-hybridized carbons (Fsp3) is 0.273. The van der Waals surface area contributed by atoms with Crippen LogP contribution in [0.2, 0.25) is 0 Å². The first-order chi connectivity index (χ1) is 13.1. The van der Waals surface area contributed by atoms with Gasteiger partial charge in [0.2, 0.25) is 5.43 Å². The molecule has 1 aliphatic rings. The van der Waals surface area contributed by atoms with Crippen molar-refractivity contribution in [2.45, 2.75) is 19.8 Å². The molecular formula is C22H20O5. The van der Waals surface area contributed by atoms with Crippen molar-refractivity contribution in [3.05, 3.63) is 64.5 Å². The number of benzene rings is 2. The first-order valence-electron chi connectivity index (χ1n) is 9.06. The molecule has 2 heterocycles. The van der Waals surface area contributed by atoms with E-state index in [4.69, 9.17) is 13.9 Å². The summed E-state index contributed by atoms with van der Waals surface area (Å²) in [5, 5.41) is 0.463. The first kappa shape index (κ1) is 17.5. The Balaban J connectivity index is 1.67. The largest absolute Gasteiger partial charge is 0.460 e. The van der Waals surface area contributed by atoms with Crippen LogP contribution in [-0.2, 0) is 9.53 Å². The Kier molecular flexibility index (Phi) is 4.77. The third-order valence-corrected chi connectivity index (χ3v) is 4.88. The molecule has 1 aliphatic heterocycles. The Morgan fingerprint density at radius 2 is 1.81 bits per heavy atom. The van der Waals surface area contributed by atoms with Gasteiger partial charge in [0.15, 0.2) is 0 Å². The van der Waals surface area contributed by atoms with Crippen LogP contribution in [0.25, 0.3) is 22.1 Å². The monoisotopic (exact) mass is 364 g/mol. The number of carbonyl (C=O) groups is 1. The summed E-state index contributed by atoms with van der Waals surface area (Å²) in [7, 11) is 0. The molecule has 1 aromatic heterocycles. The summed E-state index contributed by atoms with van der Waals surface area (Å²) in [5.74, 6) is 0.502. The highest BCUT2D eigenvalue weighted by Gasteiger charge is 2.24. The van der Waals surface area contributed by atoms with E-state index in [1.54, 1.807) is 25.1 Å². The van der Waals surface area contributed by atoms with E-state index < -0.39 is 0 Å². The van der Waals surface area contributed by atoms with E-state index in [0.29, 0.717) is 54.1 Å². The summed E-state index contributed by atoms with van der Waals surface area (Å²) >= 11 is 0. The zero-order valence-electron chi connectivity index (χ0n) is 15.1. The van der Waals surface area contributed by atoms with Crippen LogP contribution in [0.3, 0.4) is 0 Å². The predicted molar refractivity (Wildman–Crippen MR) is 102 cm³/mol. The van der Waals surface area contributed by atoms with Crippen molar-refractivity contribution in [2.24, 2.45) is 5.92 Å². The Morgan fingerprint density at radius 1 is 1.07 bits per heavy atom. The Bertz CT molecular complexity index is 1030. The van der Waals surface area contributed by atoms with Gasteiger partial charge in [-0.1, -0.05) is 30.3 Å². The number of esters is 1. The van der Waals surface area contributed by atoms with Gasteiger partial charge in [0, 0.05) is 19.3 Å². The van der Waals surface area contributed by atoms with Crippen molar-refractivity contribution < 1.29 is 18.7 Å². The maximum absolute atomic E-state index is 12.9. The van der Waals surface area contributed by atoms with Crippen molar-refractivity contribution in [3.63, 3.8) is 0 Å². The molecule has 27 heavy (non-hydrogen) atoms. The minimum atomic E-state index is -0.266. The molecule has 0 spiro atoms. The molecule has 138 valence electrons. The van der Waals surface area contributed by atoms with Crippen molar-refractivity contribution in [3.8, 4) is 16.9 Å². The number of ether oxygens (including phenoxy) is 2. The summed E-state index contributed by atoms with van der Waals surface area (Å²) in [5.41, 5.74) is 1.69. The molecule has 0 radical (unpaired) electrons. The number of fused-ring (bicyclic) bond motifs is 1. The molecule has 0 N–H and O–H groups in total. The van der Waals surface area contributed by atoms with Crippen molar-refractivity contribution in [1.82, 2.24) is 0 Å². The third kappa shape index (κ3) is 3.51. The van der Waals surface area contributed by atoms with Gasteiger partial charge in [-0.05, 0) is 37.5 Å². The van der Waals surface area contributed by atoms with Gasteiger partial charge in [-0.2, -0.15) is 0 Å². The lowest BCUT2D eigenvalue weighted by atomic mass is 10.0. The minimum Gasteiger partial charge on any atom is -0.460 e. The smallest absolute Gasteiger partial charge is 0.314 e. The molecule has 3 aromatic rings. The molecule has 5 heteroatoms. The van der Waals surface area contributed by atoms with E-state index >= 15 is 0 Å². The molecule has 0 amide bonds. The molecule has 0 aliphatic carbocycles. The average Bonchev–Trinajstić information content (AvgIpc) is 2.69. The molecule has 5 nitrogen and oxygen atoms in total. The zero-order valence-corrected chi connectivity index (χ0v) is 15.1. The number of aryl methyl sites for hydroxylation is 1. The number of hydrogen-bond donors (Lipinski definition) is 0. The van der Waals surface area contributed by atoms with Gasteiger partial charge < -0.3 is 13.9 Å². The highest BCUT2D eigenvalue weighted by atomic mass is 16.5. The molecule has 0 bridgehead atoms. The highest BCUT2D eigenvalue weighted by molar-refractivity contribution is 5.84. The van der Waals surface area contributed by atoms with E-state index in [1.165, 1.54) is 0 Å². The standard InChI is InChI=1S/C22H20O5/c1-14-20(15-5-3-2-4-6-15)21(23)18-8-7-17(13-19(18)26-14)27-22(24)16-9-11-25-12-10-16/h2-8,13,16H,9-12H2,1H3. The highest BCUT2D eigenvalue weighted by Crippen LogP contribution is 2.27. The lowest BCUT2D eigenvalue weighted by Gasteiger charge is -2.20. The Hall–Kier alpha value is -2.92. The third-order valence-electron chi connectivity index (χ3n) is 4.88. The summed E-state index contributed by atoms with van der Waals surface area (Å²) in [4.78, 5) is 25.3. The van der Waals surface area contributed by atoms with Crippen LogP contribution >= 0.6 is 0 Å². The predicted octanol–water partition coefficient (Wildman–Crippen LogP) is 4.10. The summed E-state index contributed by atoms with van der Waals surface area (Å²) in [6.45, 7) is 2.92. The van der Waals surface area contributed by atoms with E-state index in [-0.39, 0.29) is 17.3 Å². The summed E-state index contributed by atoms with van der Waals surface area (Å²) < 4.78 is 16.7. The summed E-state index contributed by atoms with van der Waals surface area (Å²) in [6, 6.07) is 14.3. The van der Waals surface area contributed by atoms with Crippen LogP contribution in [0.5, 0.6) is 5.75 Å². The molecule has 1 saturated heterocycles. The first-order valence-corrected chi connectivity index (χ1v) is 9.06. The van der Waals surface area contributed by atoms with Gasteiger partial charge in [-0.3, -0.25) is 9.59 Å². The van der Waals surface area contributed by atoms with Crippen LogP contribution in [0, 0.1) is 12.8 Å². The van der Waals surface area contributed by atoms with E-state index in [0.717, 1.165) is 5.56 Å². The van der Waals surface area contributed by atoms with Gasteiger partial charge in [-0.15, -0.1) is 0 Å². The lowest BCUT2D eigenvalue weighted by Crippen LogP contribution is -2.27. The maximum atomic E-state index is 12.9. The van der Waals surface area contributed by atoms with E-state index in [2.05, 4.69) is 0 Å². The second kappa shape index (κ2) is 7.37. The molecular weight excluding hydrogens is 344 g/mol. The van der Waals surface area contributed by atoms with Gasteiger partial charge in [-0.25, -0.2) is 0 Å². The van der Waals surface area contributed by atoms with E-state index in [9.17, 15) is 9.59 Å². The van der Waals surface area contributed by atoms with Crippen LogP contribution in [-0.4, -0.2) is 19.2 Å². The summed E-state index contributed by atoms with van der Waals surface area (Å²) in [6.07, 6.45) is 1.34. The molecule has 0 saturated carbocycles. The fourth-order valence-corrected chi connectivity index (χ4v) is 3.42. The Morgan fingerprint density at radius 3 is 2.56 bits per heavy atom. The molecule has 0 unspecified atom stereocenters. The lowest BCUT2D eigenvalue weighted by molar-refractivity contribution is -0.141. The number of carbonyl (C=O) groups excluding carboxylic acids is 1. The van der Waals surface area contributed by atoms with Crippen LogP contribution in [0.4, 0.5) is 0 Å². The number of rotatable bonds is 3. The van der Waals surface area contributed by atoms with Gasteiger partial charge in [0.25, 0.3) is 0 Å². The topological polar surface area (TPSA) is 65.7 Å². The average molecular weight is 364 g/mol. The Labute approximate surface area is 156 Å². The SMILES string of the molecule is Cc1oc2cc(OC(=O)C3CCOCC3)ccc2c(=O)c1-c1ccccc1.